The number of nitrogens with one attached hydrogen (secondary N) is 2. The van der Waals surface area contributed by atoms with Crippen molar-refractivity contribution in [1.29, 1.82) is 0 Å². The molecule has 0 heterocycles. The molecule has 0 unspecified atom stereocenters. The monoisotopic (exact) mass is 444 g/mol. The molecular weight excluding hydrogens is 420 g/mol. The lowest BCUT2D eigenvalue weighted by Crippen LogP contribution is -2.17. The largest absolute Gasteiger partial charge is 0.322 e. The summed E-state index contributed by atoms with van der Waals surface area (Å²) in [7, 11) is -3.87. The number of amides is 1. The van der Waals surface area contributed by atoms with Crippen LogP contribution in [0, 0.1) is 20.8 Å². The molecule has 0 saturated carbocycles. The Bertz CT molecular complexity index is 1420. The van der Waals surface area contributed by atoms with E-state index in [2.05, 4.69) is 10.0 Å². The summed E-state index contributed by atoms with van der Waals surface area (Å²) in [5, 5.41) is 4.94. The third-order valence-electron chi connectivity index (χ3n) is 5.22. The van der Waals surface area contributed by atoms with Crippen LogP contribution in [0.2, 0.25) is 0 Å². The first-order valence-electron chi connectivity index (χ1n) is 10.2. The van der Waals surface area contributed by atoms with Crippen LogP contribution in [0.15, 0.2) is 83.8 Å². The Morgan fingerprint density at radius 3 is 2.12 bits per heavy atom. The molecule has 4 aromatic rings. The van der Waals surface area contributed by atoms with Gasteiger partial charge in [0.15, 0.2) is 0 Å². The van der Waals surface area contributed by atoms with Crippen molar-refractivity contribution in [3.63, 3.8) is 0 Å². The molecule has 32 heavy (non-hydrogen) atoms. The van der Waals surface area contributed by atoms with E-state index < -0.39 is 10.0 Å². The van der Waals surface area contributed by atoms with Gasteiger partial charge < -0.3 is 5.32 Å². The molecule has 162 valence electrons. The lowest BCUT2D eigenvalue weighted by molar-refractivity contribution is 0.102. The maximum absolute atomic E-state index is 13.1. The van der Waals surface area contributed by atoms with Crippen LogP contribution in [0.3, 0.4) is 0 Å². The highest BCUT2D eigenvalue weighted by Gasteiger charge is 2.20. The van der Waals surface area contributed by atoms with Gasteiger partial charge >= 0.3 is 0 Å². The fourth-order valence-electron chi connectivity index (χ4n) is 3.74. The highest BCUT2D eigenvalue weighted by molar-refractivity contribution is 7.92. The van der Waals surface area contributed by atoms with Crippen molar-refractivity contribution in [2.45, 2.75) is 25.7 Å². The van der Waals surface area contributed by atoms with Crippen LogP contribution in [0.5, 0.6) is 0 Å². The van der Waals surface area contributed by atoms with E-state index in [1.165, 1.54) is 6.07 Å². The Hall–Kier alpha value is -3.64. The Morgan fingerprint density at radius 2 is 1.41 bits per heavy atom. The predicted octanol–water partition coefficient (Wildman–Crippen LogP) is 5.82. The number of benzene rings is 4. The van der Waals surface area contributed by atoms with E-state index in [1.807, 2.05) is 62.4 Å². The maximum Gasteiger partial charge on any atom is 0.262 e. The Morgan fingerprint density at radius 1 is 0.719 bits per heavy atom. The number of sulfonamides is 1. The van der Waals surface area contributed by atoms with Crippen LogP contribution in [-0.4, -0.2) is 14.3 Å². The van der Waals surface area contributed by atoms with Gasteiger partial charge in [-0.2, -0.15) is 0 Å². The van der Waals surface area contributed by atoms with Gasteiger partial charge in [-0.25, -0.2) is 8.42 Å². The smallest absolute Gasteiger partial charge is 0.262 e. The summed E-state index contributed by atoms with van der Waals surface area (Å²) in [6.07, 6.45) is 0. The summed E-state index contributed by atoms with van der Waals surface area (Å²) in [5.41, 5.74) is 3.89. The summed E-state index contributed by atoms with van der Waals surface area (Å²) < 4.78 is 28.8. The van der Waals surface area contributed by atoms with Gasteiger partial charge in [-0.05, 0) is 84.6 Å². The average molecular weight is 445 g/mol. The Kier molecular flexibility index (Phi) is 5.72. The first-order chi connectivity index (χ1) is 15.2. The van der Waals surface area contributed by atoms with Gasteiger partial charge in [0.1, 0.15) is 0 Å². The van der Waals surface area contributed by atoms with Gasteiger partial charge in [-0.15, -0.1) is 0 Å². The van der Waals surface area contributed by atoms with Crippen molar-refractivity contribution in [1.82, 2.24) is 0 Å². The van der Waals surface area contributed by atoms with Gasteiger partial charge in [-0.1, -0.05) is 42.5 Å². The summed E-state index contributed by atoms with van der Waals surface area (Å²) >= 11 is 0. The van der Waals surface area contributed by atoms with Gasteiger partial charge in [0.05, 0.1) is 4.90 Å². The van der Waals surface area contributed by atoms with Crippen LogP contribution in [-0.2, 0) is 10.0 Å². The number of carbonyl (C=O) groups excluding carboxylic acids is 1. The topological polar surface area (TPSA) is 75.3 Å². The number of anilines is 2. The SMILES string of the molecule is Cc1cc(C)cc(NS(=O)(=O)c2cc(C(=O)Nc3ccc4ccccc4c3)ccc2C)c1. The maximum atomic E-state index is 13.1. The first kappa shape index (κ1) is 21.6. The highest BCUT2D eigenvalue weighted by atomic mass is 32.2. The summed E-state index contributed by atoms with van der Waals surface area (Å²) in [6.45, 7) is 5.53. The zero-order valence-electron chi connectivity index (χ0n) is 18.1. The number of hydrogen-bond acceptors (Lipinski definition) is 3. The second-order valence-corrected chi connectivity index (χ2v) is 9.63. The molecule has 0 saturated heterocycles. The van der Waals surface area contributed by atoms with Gasteiger partial charge in [0.2, 0.25) is 0 Å². The zero-order chi connectivity index (χ0) is 22.9. The third kappa shape index (κ3) is 4.65. The van der Waals surface area contributed by atoms with E-state index in [4.69, 9.17) is 0 Å². The molecule has 6 heteroatoms. The fraction of sp³-hybridized carbons (Fsp3) is 0.115. The minimum Gasteiger partial charge on any atom is -0.322 e. The first-order valence-corrected chi connectivity index (χ1v) is 11.7. The third-order valence-corrected chi connectivity index (χ3v) is 6.74. The lowest BCUT2D eigenvalue weighted by Gasteiger charge is -2.13. The van der Waals surface area contributed by atoms with Crippen molar-refractivity contribution in [2.75, 3.05) is 10.0 Å². The minimum atomic E-state index is -3.87. The average Bonchev–Trinajstić information content (AvgIpc) is 2.72. The van der Waals surface area contributed by atoms with Crippen molar-refractivity contribution in [3.8, 4) is 0 Å². The number of hydrogen-bond donors (Lipinski definition) is 2. The van der Waals surface area contributed by atoms with Gasteiger partial charge in [0, 0.05) is 16.9 Å². The van der Waals surface area contributed by atoms with Crippen LogP contribution in [0.25, 0.3) is 10.8 Å². The molecular formula is C26H24N2O3S. The molecule has 5 nitrogen and oxygen atoms in total. The quantitative estimate of drug-likeness (QED) is 0.407. The van der Waals surface area contributed by atoms with E-state index in [9.17, 15) is 13.2 Å². The van der Waals surface area contributed by atoms with Crippen LogP contribution >= 0.6 is 0 Å². The normalized spacial score (nSPS) is 11.3. The van der Waals surface area contributed by atoms with Crippen molar-refractivity contribution >= 4 is 38.1 Å². The van der Waals surface area contributed by atoms with Gasteiger partial charge in [-0.3, -0.25) is 9.52 Å². The number of aryl methyl sites for hydroxylation is 3. The van der Waals surface area contributed by atoms with Crippen LogP contribution in [0.4, 0.5) is 11.4 Å². The van der Waals surface area contributed by atoms with Crippen molar-refractivity contribution < 1.29 is 13.2 Å². The molecule has 0 aliphatic carbocycles. The standard InChI is InChI=1S/C26H24N2O3S/c1-17-12-18(2)14-24(13-17)28-32(30,31)25-16-22(9-8-19(25)3)26(29)27-23-11-10-20-6-4-5-7-21(20)15-23/h4-16,28H,1-3H3,(H,27,29). The Balaban J connectivity index is 1.61. The number of rotatable bonds is 5. The second-order valence-electron chi connectivity index (χ2n) is 7.98. The van der Waals surface area contributed by atoms with Crippen LogP contribution in [0.1, 0.15) is 27.0 Å². The molecule has 0 aromatic heterocycles. The molecule has 4 aromatic carbocycles. The molecule has 0 aliphatic heterocycles. The van der Waals surface area contributed by atoms with Gasteiger partial charge in [0.25, 0.3) is 15.9 Å². The second kappa shape index (κ2) is 8.48. The van der Waals surface area contributed by atoms with E-state index in [0.717, 1.165) is 21.9 Å². The summed E-state index contributed by atoms with van der Waals surface area (Å²) in [5.74, 6) is -0.372. The molecule has 0 fully saturated rings. The van der Waals surface area contributed by atoms with Crippen LogP contribution < -0.4 is 10.0 Å². The molecule has 1 amide bonds. The molecule has 0 atom stereocenters. The highest BCUT2D eigenvalue weighted by Crippen LogP contribution is 2.24. The molecule has 0 spiro atoms. The van der Waals surface area contributed by atoms with E-state index in [1.54, 1.807) is 31.2 Å². The molecule has 0 aliphatic rings. The summed E-state index contributed by atoms with van der Waals surface area (Å²) in [6, 6.07) is 23.7. The van der Waals surface area contributed by atoms with E-state index in [-0.39, 0.29) is 16.4 Å². The zero-order valence-corrected chi connectivity index (χ0v) is 19.0. The molecule has 0 radical (unpaired) electrons. The minimum absolute atomic E-state index is 0.0721. The molecule has 2 N–H and O–H groups in total. The predicted molar refractivity (Wildman–Crippen MR) is 130 cm³/mol. The van der Waals surface area contributed by atoms with Crippen molar-refractivity contribution in [2.24, 2.45) is 0 Å². The van der Waals surface area contributed by atoms with Crippen molar-refractivity contribution in [3.05, 3.63) is 101 Å². The van der Waals surface area contributed by atoms with E-state index >= 15 is 0 Å². The number of carbonyl (C=O) groups is 1. The Labute approximate surface area is 188 Å². The molecule has 0 bridgehead atoms. The van der Waals surface area contributed by atoms with E-state index in [0.29, 0.717) is 16.9 Å². The molecule has 4 rings (SSSR count). The lowest BCUT2D eigenvalue weighted by atomic mass is 10.1. The summed E-state index contributed by atoms with van der Waals surface area (Å²) in [4.78, 5) is 12.9. The fourth-order valence-corrected chi connectivity index (χ4v) is 5.06. The number of fused-ring (bicyclic) bond motifs is 1.